The first-order valence-corrected chi connectivity index (χ1v) is 7.35. The quantitative estimate of drug-likeness (QED) is 0.818. The first-order valence-electron chi connectivity index (χ1n) is 7.35. The molecule has 1 aromatic heterocycles. The predicted molar refractivity (Wildman–Crippen MR) is 83.7 cm³/mol. The van der Waals surface area contributed by atoms with Crippen LogP contribution in [0.4, 0.5) is 0 Å². The number of carbonyl (C=O) groups is 1. The Morgan fingerprint density at radius 1 is 1.29 bits per heavy atom. The van der Waals surface area contributed by atoms with Gasteiger partial charge in [0.1, 0.15) is 5.82 Å². The van der Waals surface area contributed by atoms with Crippen molar-refractivity contribution in [3.8, 4) is 0 Å². The fraction of sp³-hybridized carbons (Fsp3) is 0.412. The minimum absolute atomic E-state index is 0.0953. The van der Waals surface area contributed by atoms with Crippen LogP contribution >= 0.6 is 0 Å². The summed E-state index contributed by atoms with van der Waals surface area (Å²) in [6.45, 7) is 7.95. The Morgan fingerprint density at radius 3 is 2.62 bits per heavy atom. The summed E-state index contributed by atoms with van der Waals surface area (Å²) in [6.07, 6.45) is 3.77. The number of aromatic nitrogens is 2. The molecule has 1 heterocycles. The van der Waals surface area contributed by atoms with E-state index in [1.165, 1.54) is 5.56 Å². The molecule has 0 radical (unpaired) electrons. The molecule has 2 rings (SSSR count). The molecule has 0 aliphatic heterocycles. The van der Waals surface area contributed by atoms with Gasteiger partial charge in [-0.25, -0.2) is 4.98 Å². The van der Waals surface area contributed by atoms with Crippen LogP contribution in [-0.2, 0) is 17.9 Å². The van der Waals surface area contributed by atoms with Crippen LogP contribution in [0.15, 0.2) is 42.7 Å². The Kier molecular flexibility index (Phi) is 5.14. The molecular formula is C17H23N3O. The predicted octanol–water partition coefficient (Wildman–Crippen LogP) is 2.94. The first kappa shape index (κ1) is 15.3. The zero-order valence-corrected chi connectivity index (χ0v) is 13.0. The highest BCUT2D eigenvalue weighted by atomic mass is 16.2. The Bertz CT molecular complexity index is 575. The molecule has 21 heavy (non-hydrogen) atoms. The van der Waals surface area contributed by atoms with E-state index in [4.69, 9.17) is 0 Å². The SMILES string of the molecule is CC(=O)N(Cc1nccn1Cc1ccccc1)CC(C)C. The number of carbonyl (C=O) groups excluding carboxylic acids is 1. The molecule has 1 amide bonds. The van der Waals surface area contributed by atoms with Crippen LogP contribution in [0.25, 0.3) is 0 Å². The molecule has 0 unspecified atom stereocenters. The summed E-state index contributed by atoms with van der Waals surface area (Å²) < 4.78 is 2.10. The molecule has 0 bridgehead atoms. The van der Waals surface area contributed by atoms with E-state index in [2.05, 4.69) is 35.5 Å². The maximum atomic E-state index is 11.8. The zero-order chi connectivity index (χ0) is 15.2. The summed E-state index contributed by atoms with van der Waals surface area (Å²) in [5.74, 6) is 1.47. The fourth-order valence-electron chi connectivity index (χ4n) is 2.33. The highest BCUT2D eigenvalue weighted by Gasteiger charge is 2.14. The van der Waals surface area contributed by atoms with Crippen molar-refractivity contribution in [3.63, 3.8) is 0 Å². The largest absolute Gasteiger partial charge is 0.335 e. The Hall–Kier alpha value is -2.10. The van der Waals surface area contributed by atoms with Gasteiger partial charge in [0.05, 0.1) is 6.54 Å². The van der Waals surface area contributed by atoms with Crippen LogP contribution in [0.1, 0.15) is 32.2 Å². The molecule has 112 valence electrons. The molecule has 4 nitrogen and oxygen atoms in total. The first-order chi connectivity index (χ1) is 10.1. The molecule has 0 aliphatic carbocycles. The van der Waals surface area contributed by atoms with Crippen LogP contribution in [0.3, 0.4) is 0 Å². The minimum Gasteiger partial charge on any atom is -0.335 e. The van der Waals surface area contributed by atoms with E-state index in [0.717, 1.165) is 18.9 Å². The lowest BCUT2D eigenvalue weighted by Gasteiger charge is -2.23. The molecule has 0 atom stereocenters. The lowest BCUT2D eigenvalue weighted by Crippen LogP contribution is -2.32. The van der Waals surface area contributed by atoms with Crippen molar-refractivity contribution in [3.05, 3.63) is 54.1 Å². The van der Waals surface area contributed by atoms with Gasteiger partial charge >= 0.3 is 0 Å². The number of hydrogen-bond donors (Lipinski definition) is 0. The van der Waals surface area contributed by atoms with E-state index in [-0.39, 0.29) is 5.91 Å². The van der Waals surface area contributed by atoms with E-state index in [1.807, 2.05) is 29.3 Å². The Balaban J connectivity index is 2.10. The standard InChI is InChI=1S/C17H23N3O/c1-14(2)11-20(15(3)21)13-17-18-9-10-19(17)12-16-7-5-4-6-8-16/h4-10,14H,11-13H2,1-3H3. The summed E-state index contributed by atoms with van der Waals surface area (Å²) >= 11 is 0. The van der Waals surface area contributed by atoms with Gasteiger partial charge in [0, 0.05) is 32.4 Å². The maximum Gasteiger partial charge on any atom is 0.219 e. The van der Waals surface area contributed by atoms with Crippen molar-refractivity contribution in [2.24, 2.45) is 5.92 Å². The number of rotatable bonds is 6. The van der Waals surface area contributed by atoms with Gasteiger partial charge in [-0.3, -0.25) is 4.79 Å². The third kappa shape index (κ3) is 4.45. The van der Waals surface area contributed by atoms with Gasteiger partial charge in [-0.1, -0.05) is 44.2 Å². The average Bonchev–Trinajstić information content (AvgIpc) is 2.86. The van der Waals surface area contributed by atoms with Crippen molar-refractivity contribution >= 4 is 5.91 Å². The molecular weight excluding hydrogens is 262 g/mol. The number of nitrogens with zero attached hydrogens (tertiary/aromatic N) is 3. The summed E-state index contributed by atoms with van der Waals surface area (Å²) in [7, 11) is 0. The van der Waals surface area contributed by atoms with Gasteiger partial charge in [0.2, 0.25) is 5.91 Å². The van der Waals surface area contributed by atoms with E-state index < -0.39 is 0 Å². The van der Waals surface area contributed by atoms with E-state index in [1.54, 1.807) is 13.1 Å². The highest BCUT2D eigenvalue weighted by Crippen LogP contribution is 2.09. The van der Waals surface area contributed by atoms with Crippen LogP contribution in [0.5, 0.6) is 0 Å². The second kappa shape index (κ2) is 7.07. The van der Waals surface area contributed by atoms with Crippen molar-refractivity contribution in [1.82, 2.24) is 14.5 Å². The van der Waals surface area contributed by atoms with E-state index >= 15 is 0 Å². The summed E-state index contributed by atoms with van der Waals surface area (Å²) in [4.78, 5) is 18.0. The van der Waals surface area contributed by atoms with Crippen LogP contribution in [0, 0.1) is 5.92 Å². The van der Waals surface area contributed by atoms with Crippen LogP contribution in [-0.4, -0.2) is 26.9 Å². The average molecular weight is 285 g/mol. The highest BCUT2D eigenvalue weighted by molar-refractivity contribution is 5.73. The molecule has 0 fully saturated rings. The third-order valence-electron chi connectivity index (χ3n) is 3.36. The van der Waals surface area contributed by atoms with Gasteiger partial charge < -0.3 is 9.47 Å². The number of benzene rings is 1. The van der Waals surface area contributed by atoms with Crippen LogP contribution < -0.4 is 0 Å². The lowest BCUT2D eigenvalue weighted by molar-refractivity contribution is -0.130. The molecule has 1 aromatic carbocycles. The third-order valence-corrected chi connectivity index (χ3v) is 3.36. The van der Waals surface area contributed by atoms with Gasteiger partial charge in [-0.15, -0.1) is 0 Å². The van der Waals surface area contributed by atoms with Crippen molar-refractivity contribution in [2.75, 3.05) is 6.54 Å². The molecule has 0 spiro atoms. The van der Waals surface area contributed by atoms with Gasteiger partial charge in [0.15, 0.2) is 0 Å². The molecule has 2 aromatic rings. The second-order valence-corrected chi connectivity index (χ2v) is 5.75. The summed E-state index contributed by atoms with van der Waals surface area (Å²) in [6, 6.07) is 10.3. The maximum absolute atomic E-state index is 11.8. The van der Waals surface area contributed by atoms with Crippen molar-refractivity contribution < 1.29 is 4.79 Å². The number of hydrogen-bond acceptors (Lipinski definition) is 2. The van der Waals surface area contributed by atoms with Gasteiger partial charge in [-0.2, -0.15) is 0 Å². The Labute approximate surface area is 126 Å². The molecule has 0 N–H and O–H groups in total. The van der Waals surface area contributed by atoms with Crippen LogP contribution in [0.2, 0.25) is 0 Å². The monoisotopic (exact) mass is 285 g/mol. The minimum atomic E-state index is 0.0953. The zero-order valence-electron chi connectivity index (χ0n) is 13.0. The van der Waals surface area contributed by atoms with E-state index in [0.29, 0.717) is 12.5 Å². The topological polar surface area (TPSA) is 38.1 Å². The normalized spacial score (nSPS) is 10.9. The Morgan fingerprint density at radius 2 is 2.00 bits per heavy atom. The second-order valence-electron chi connectivity index (χ2n) is 5.75. The van der Waals surface area contributed by atoms with Gasteiger partial charge in [-0.05, 0) is 11.5 Å². The lowest BCUT2D eigenvalue weighted by atomic mass is 10.2. The molecule has 0 saturated carbocycles. The number of amides is 1. The van der Waals surface area contributed by atoms with Crippen molar-refractivity contribution in [2.45, 2.75) is 33.9 Å². The fourth-order valence-corrected chi connectivity index (χ4v) is 2.33. The molecule has 4 heteroatoms. The molecule has 0 aliphatic rings. The van der Waals surface area contributed by atoms with E-state index in [9.17, 15) is 4.79 Å². The number of imidazole rings is 1. The summed E-state index contributed by atoms with van der Waals surface area (Å²) in [5, 5.41) is 0. The summed E-state index contributed by atoms with van der Waals surface area (Å²) in [5.41, 5.74) is 1.23. The van der Waals surface area contributed by atoms with Crippen molar-refractivity contribution in [1.29, 1.82) is 0 Å². The smallest absolute Gasteiger partial charge is 0.219 e. The molecule has 0 saturated heterocycles. The van der Waals surface area contributed by atoms with Gasteiger partial charge in [0.25, 0.3) is 0 Å².